The standard InChI is InChI=1S/C16H23NO2/c1-15(2)6-7-16(3,4)13-9-14(19-5)11(10-17-18)8-12(13)15/h8-10,18H,6-7H2,1-5H3/b17-10-. The first-order valence-electron chi connectivity index (χ1n) is 6.72. The lowest BCUT2D eigenvalue weighted by atomic mass is 9.63. The summed E-state index contributed by atoms with van der Waals surface area (Å²) in [7, 11) is 1.65. The minimum absolute atomic E-state index is 0.148. The van der Waals surface area contributed by atoms with E-state index in [9.17, 15) is 0 Å². The van der Waals surface area contributed by atoms with Crippen molar-refractivity contribution in [1.82, 2.24) is 0 Å². The predicted octanol–water partition coefficient (Wildman–Crippen LogP) is 3.85. The summed E-state index contributed by atoms with van der Waals surface area (Å²) in [6, 6.07) is 4.21. The van der Waals surface area contributed by atoms with Gasteiger partial charge in [-0.25, -0.2) is 0 Å². The van der Waals surface area contributed by atoms with Gasteiger partial charge in [-0.15, -0.1) is 0 Å². The van der Waals surface area contributed by atoms with E-state index in [0.29, 0.717) is 0 Å². The van der Waals surface area contributed by atoms with Crippen molar-refractivity contribution < 1.29 is 9.94 Å². The molecule has 0 fully saturated rings. The van der Waals surface area contributed by atoms with Crippen LogP contribution in [0.3, 0.4) is 0 Å². The minimum Gasteiger partial charge on any atom is -0.496 e. The fraction of sp³-hybridized carbons (Fsp3) is 0.562. The van der Waals surface area contributed by atoms with Crippen molar-refractivity contribution in [2.24, 2.45) is 5.16 Å². The van der Waals surface area contributed by atoms with Gasteiger partial charge in [-0.1, -0.05) is 32.9 Å². The highest BCUT2D eigenvalue weighted by atomic mass is 16.5. The van der Waals surface area contributed by atoms with Crippen molar-refractivity contribution >= 4 is 6.21 Å². The number of oxime groups is 1. The monoisotopic (exact) mass is 261 g/mol. The Balaban J connectivity index is 2.70. The molecule has 0 aliphatic heterocycles. The number of benzene rings is 1. The van der Waals surface area contributed by atoms with Gasteiger partial charge in [-0.05, 0) is 46.9 Å². The van der Waals surface area contributed by atoms with Crippen LogP contribution < -0.4 is 4.74 Å². The Hall–Kier alpha value is -1.51. The molecule has 3 nitrogen and oxygen atoms in total. The van der Waals surface area contributed by atoms with Gasteiger partial charge < -0.3 is 9.94 Å². The Kier molecular flexibility index (Phi) is 3.33. The third-order valence-electron chi connectivity index (χ3n) is 4.40. The SMILES string of the molecule is COc1cc2c(cc1/C=N\O)C(C)(C)CCC2(C)C. The Labute approximate surface area is 115 Å². The lowest BCUT2D eigenvalue weighted by Gasteiger charge is -2.42. The van der Waals surface area contributed by atoms with E-state index in [-0.39, 0.29) is 10.8 Å². The van der Waals surface area contributed by atoms with E-state index in [2.05, 4.69) is 45.0 Å². The largest absolute Gasteiger partial charge is 0.496 e. The van der Waals surface area contributed by atoms with Gasteiger partial charge in [0, 0.05) is 5.56 Å². The number of hydrogen-bond donors (Lipinski definition) is 1. The summed E-state index contributed by atoms with van der Waals surface area (Å²) >= 11 is 0. The zero-order chi connectivity index (χ0) is 14.3. The molecule has 0 saturated heterocycles. The van der Waals surface area contributed by atoms with Gasteiger partial charge >= 0.3 is 0 Å². The zero-order valence-corrected chi connectivity index (χ0v) is 12.4. The molecule has 1 aromatic carbocycles. The van der Waals surface area contributed by atoms with Gasteiger partial charge in [-0.2, -0.15) is 0 Å². The van der Waals surface area contributed by atoms with E-state index < -0.39 is 0 Å². The van der Waals surface area contributed by atoms with Gasteiger partial charge in [0.15, 0.2) is 0 Å². The number of hydrogen-bond acceptors (Lipinski definition) is 3. The molecule has 1 aliphatic rings. The van der Waals surface area contributed by atoms with Gasteiger partial charge in [0.05, 0.1) is 13.3 Å². The van der Waals surface area contributed by atoms with Crippen LogP contribution in [0.15, 0.2) is 17.3 Å². The maximum atomic E-state index is 8.79. The fourth-order valence-electron chi connectivity index (χ4n) is 2.95. The third-order valence-corrected chi connectivity index (χ3v) is 4.40. The highest BCUT2D eigenvalue weighted by Gasteiger charge is 2.37. The maximum Gasteiger partial charge on any atom is 0.128 e. The fourth-order valence-corrected chi connectivity index (χ4v) is 2.95. The molecule has 0 saturated carbocycles. The van der Waals surface area contributed by atoms with E-state index in [0.717, 1.165) is 17.7 Å². The summed E-state index contributed by atoms with van der Waals surface area (Å²) in [4.78, 5) is 0. The zero-order valence-electron chi connectivity index (χ0n) is 12.4. The number of rotatable bonds is 2. The second-order valence-electron chi connectivity index (χ2n) is 6.65. The number of ether oxygens (including phenoxy) is 1. The smallest absolute Gasteiger partial charge is 0.128 e. The molecule has 0 aromatic heterocycles. The summed E-state index contributed by atoms with van der Waals surface area (Å²) in [6.07, 6.45) is 3.77. The Bertz CT molecular complexity index is 516. The average molecular weight is 261 g/mol. The van der Waals surface area contributed by atoms with Crippen LogP contribution in [0.4, 0.5) is 0 Å². The van der Waals surface area contributed by atoms with Crippen molar-refractivity contribution in [2.75, 3.05) is 7.11 Å². The summed E-state index contributed by atoms with van der Waals surface area (Å²) in [5.41, 5.74) is 3.81. The van der Waals surface area contributed by atoms with Crippen LogP contribution >= 0.6 is 0 Å². The van der Waals surface area contributed by atoms with Crippen molar-refractivity contribution in [2.45, 2.75) is 51.4 Å². The van der Waals surface area contributed by atoms with Crippen molar-refractivity contribution in [3.05, 3.63) is 28.8 Å². The van der Waals surface area contributed by atoms with E-state index >= 15 is 0 Å². The van der Waals surface area contributed by atoms with E-state index in [1.165, 1.54) is 23.8 Å². The molecule has 1 N–H and O–H groups in total. The number of nitrogens with zero attached hydrogens (tertiary/aromatic N) is 1. The average Bonchev–Trinajstić information content (AvgIpc) is 2.35. The third kappa shape index (κ3) is 2.34. The summed E-state index contributed by atoms with van der Waals surface area (Å²) < 4.78 is 5.42. The second-order valence-corrected chi connectivity index (χ2v) is 6.65. The van der Waals surface area contributed by atoms with E-state index in [4.69, 9.17) is 9.94 Å². The number of methoxy groups -OCH3 is 1. The van der Waals surface area contributed by atoms with Crippen LogP contribution in [0.1, 0.15) is 57.2 Å². The lowest BCUT2D eigenvalue weighted by Crippen LogP contribution is -2.34. The summed E-state index contributed by atoms with van der Waals surface area (Å²) in [5, 5.41) is 11.9. The molecular formula is C16H23NO2. The first-order valence-corrected chi connectivity index (χ1v) is 6.72. The Morgan fingerprint density at radius 1 is 1.11 bits per heavy atom. The van der Waals surface area contributed by atoms with Crippen LogP contribution in [0.25, 0.3) is 0 Å². The topological polar surface area (TPSA) is 41.8 Å². The highest BCUT2D eigenvalue weighted by Crippen LogP contribution is 2.47. The van der Waals surface area contributed by atoms with Gasteiger partial charge in [0.2, 0.25) is 0 Å². The van der Waals surface area contributed by atoms with E-state index in [1.807, 2.05) is 0 Å². The number of fused-ring (bicyclic) bond motifs is 1. The molecule has 3 heteroatoms. The van der Waals surface area contributed by atoms with Gasteiger partial charge in [0.25, 0.3) is 0 Å². The molecule has 0 unspecified atom stereocenters. The minimum atomic E-state index is 0.148. The lowest BCUT2D eigenvalue weighted by molar-refractivity contribution is 0.320. The Morgan fingerprint density at radius 2 is 1.63 bits per heavy atom. The van der Waals surface area contributed by atoms with Crippen LogP contribution in [0.5, 0.6) is 5.75 Å². The second kappa shape index (κ2) is 4.55. The molecule has 1 aromatic rings. The van der Waals surface area contributed by atoms with Gasteiger partial charge in [0.1, 0.15) is 5.75 Å². The van der Waals surface area contributed by atoms with E-state index in [1.54, 1.807) is 7.11 Å². The molecule has 0 radical (unpaired) electrons. The van der Waals surface area contributed by atoms with Crippen LogP contribution in [0.2, 0.25) is 0 Å². The van der Waals surface area contributed by atoms with Gasteiger partial charge in [-0.3, -0.25) is 0 Å². The predicted molar refractivity (Wildman–Crippen MR) is 77.7 cm³/mol. The molecule has 104 valence electrons. The van der Waals surface area contributed by atoms with Crippen LogP contribution in [-0.4, -0.2) is 18.5 Å². The molecule has 19 heavy (non-hydrogen) atoms. The molecule has 0 heterocycles. The molecule has 0 spiro atoms. The summed E-state index contributed by atoms with van der Waals surface area (Å²) in [6.45, 7) is 9.10. The van der Waals surface area contributed by atoms with Crippen LogP contribution in [0, 0.1) is 0 Å². The van der Waals surface area contributed by atoms with Crippen LogP contribution in [-0.2, 0) is 10.8 Å². The van der Waals surface area contributed by atoms with Crippen molar-refractivity contribution in [3.63, 3.8) is 0 Å². The molecule has 0 amide bonds. The molecule has 2 rings (SSSR count). The summed E-state index contributed by atoms with van der Waals surface area (Å²) in [5.74, 6) is 0.766. The molecule has 0 bridgehead atoms. The molecular weight excluding hydrogens is 238 g/mol. The highest BCUT2D eigenvalue weighted by molar-refractivity contribution is 5.84. The molecule has 1 aliphatic carbocycles. The Morgan fingerprint density at radius 3 is 2.11 bits per heavy atom. The first kappa shape index (κ1) is 13.9. The first-order chi connectivity index (χ1) is 8.81. The quantitative estimate of drug-likeness (QED) is 0.499. The maximum absolute atomic E-state index is 8.79. The molecule has 0 atom stereocenters. The van der Waals surface area contributed by atoms with Crippen molar-refractivity contribution in [3.8, 4) is 5.75 Å². The normalized spacial score (nSPS) is 20.3. The van der Waals surface area contributed by atoms with Crippen molar-refractivity contribution in [1.29, 1.82) is 0 Å².